The van der Waals surface area contributed by atoms with Gasteiger partial charge in [0.2, 0.25) is 5.91 Å². The van der Waals surface area contributed by atoms with Crippen molar-refractivity contribution in [2.45, 2.75) is 19.0 Å². The van der Waals surface area contributed by atoms with Gasteiger partial charge in [-0.15, -0.1) is 0 Å². The molecule has 1 amide bonds. The van der Waals surface area contributed by atoms with Gasteiger partial charge in [0.1, 0.15) is 0 Å². The summed E-state index contributed by atoms with van der Waals surface area (Å²) >= 11 is 1.29. The van der Waals surface area contributed by atoms with Gasteiger partial charge in [-0.2, -0.15) is 5.26 Å². The summed E-state index contributed by atoms with van der Waals surface area (Å²) in [6.07, 6.45) is 0. The highest BCUT2D eigenvalue weighted by molar-refractivity contribution is 7.99. The molecule has 1 aromatic heterocycles. The molecule has 0 radical (unpaired) electrons. The molecule has 5 nitrogen and oxygen atoms in total. The smallest absolute Gasteiger partial charge is 0.234 e. The summed E-state index contributed by atoms with van der Waals surface area (Å²) in [5.41, 5.74) is 2.89. The zero-order chi connectivity index (χ0) is 15.2. The maximum absolute atomic E-state index is 11.9. The lowest BCUT2D eigenvalue weighted by molar-refractivity contribution is -0.113. The number of hydrogen-bond donors (Lipinski definition) is 1. The van der Waals surface area contributed by atoms with Crippen molar-refractivity contribution in [1.29, 1.82) is 5.26 Å². The summed E-state index contributed by atoms with van der Waals surface area (Å²) in [4.78, 5) is 20.4. The summed E-state index contributed by atoms with van der Waals surface area (Å²) in [5, 5.41) is 12.2. The molecule has 0 saturated heterocycles. The van der Waals surface area contributed by atoms with Gasteiger partial charge in [0.25, 0.3) is 0 Å². The molecule has 6 heteroatoms. The third-order valence-electron chi connectivity index (χ3n) is 2.57. The number of rotatable bonds is 4. The Morgan fingerprint density at radius 2 is 2.00 bits per heavy atom. The minimum atomic E-state index is -0.155. The second kappa shape index (κ2) is 6.86. The molecule has 0 bridgehead atoms. The molecular formula is C15H14N4OS. The fraction of sp³-hybridized carbons (Fsp3) is 0.200. The molecule has 0 aliphatic rings. The minimum Gasteiger partial charge on any atom is -0.325 e. The van der Waals surface area contributed by atoms with Crippen LogP contribution in [0.15, 0.2) is 35.5 Å². The average Bonchev–Trinajstić information content (AvgIpc) is 2.44. The third kappa shape index (κ3) is 4.58. The monoisotopic (exact) mass is 298 g/mol. The Bertz CT molecular complexity index is 689. The van der Waals surface area contributed by atoms with Crippen LogP contribution in [-0.4, -0.2) is 21.6 Å². The van der Waals surface area contributed by atoms with E-state index in [1.54, 1.807) is 24.3 Å². The van der Waals surface area contributed by atoms with Gasteiger partial charge >= 0.3 is 0 Å². The molecule has 0 atom stereocenters. The molecule has 0 unspecified atom stereocenters. The second-order valence-electron chi connectivity index (χ2n) is 4.46. The van der Waals surface area contributed by atoms with E-state index in [-0.39, 0.29) is 11.7 Å². The molecule has 1 heterocycles. The van der Waals surface area contributed by atoms with Gasteiger partial charge in [-0.3, -0.25) is 4.79 Å². The van der Waals surface area contributed by atoms with Crippen LogP contribution in [0.5, 0.6) is 0 Å². The van der Waals surface area contributed by atoms with Gasteiger partial charge in [0, 0.05) is 17.1 Å². The highest BCUT2D eigenvalue weighted by Crippen LogP contribution is 2.15. The number of anilines is 1. The maximum Gasteiger partial charge on any atom is 0.234 e. The van der Waals surface area contributed by atoms with E-state index < -0.39 is 0 Å². The van der Waals surface area contributed by atoms with Crippen molar-refractivity contribution in [3.8, 4) is 6.07 Å². The first-order valence-corrected chi connectivity index (χ1v) is 7.30. The number of amides is 1. The number of hydrogen-bond acceptors (Lipinski definition) is 5. The lowest BCUT2D eigenvalue weighted by Crippen LogP contribution is -2.14. The largest absolute Gasteiger partial charge is 0.325 e. The number of nitrogens with one attached hydrogen (secondary N) is 1. The number of carbonyl (C=O) groups excluding carboxylic acids is 1. The highest BCUT2D eigenvalue weighted by Gasteiger charge is 2.07. The Morgan fingerprint density at radius 3 is 2.67 bits per heavy atom. The fourth-order valence-corrected chi connectivity index (χ4v) is 2.50. The summed E-state index contributed by atoms with van der Waals surface area (Å²) in [7, 11) is 0. The van der Waals surface area contributed by atoms with Crippen molar-refractivity contribution in [1.82, 2.24) is 9.97 Å². The molecular weight excluding hydrogens is 284 g/mol. The Morgan fingerprint density at radius 1 is 1.29 bits per heavy atom. The van der Waals surface area contributed by atoms with Crippen molar-refractivity contribution < 1.29 is 4.79 Å². The van der Waals surface area contributed by atoms with Crippen molar-refractivity contribution in [3.05, 3.63) is 47.3 Å². The quantitative estimate of drug-likeness (QED) is 0.693. The normalized spacial score (nSPS) is 9.95. The van der Waals surface area contributed by atoms with Crippen LogP contribution in [-0.2, 0) is 4.79 Å². The molecule has 1 N–H and O–H groups in total. The predicted molar refractivity (Wildman–Crippen MR) is 82.0 cm³/mol. The van der Waals surface area contributed by atoms with Crippen molar-refractivity contribution >= 4 is 23.4 Å². The van der Waals surface area contributed by atoms with E-state index in [9.17, 15) is 4.79 Å². The van der Waals surface area contributed by atoms with Crippen molar-refractivity contribution in [2.24, 2.45) is 0 Å². The van der Waals surface area contributed by atoms with Crippen LogP contribution in [0, 0.1) is 25.2 Å². The number of carbonyl (C=O) groups is 1. The molecule has 1 aromatic carbocycles. The lowest BCUT2D eigenvalue weighted by atomic mass is 10.2. The van der Waals surface area contributed by atoms with Gasteiger partial charge in [-0.1, -0.05) is 17.8 Å². The zero-order valence-corrected chi connectivity index (χ0v) is 12.6. The molecule has 2 rings (SSSR count). The van der Waals surface area contributed by atoms with Crippen LogP contribution in [0.3, 0.4) is 0 Å². The van der Waals surface area contributed by atoms with E-state index in [1.807, 2.05) is 26.0 Å². The van der Waals surface area contributed by atoms with Crippen LogP contribution in [0.4, 0.5) is 5.69 Å². The predicted octanol–water partition coefficient (Wildman–Crippen LogP) is 2.70. The van der Waals surface area contributed by atoms with Crippen LogP contribution >= 0.6 is 11.8 Å². The van der Waals surface area contributed by atoms with Gasteiger partial charge < -0.3 is 5.32 Å². The van der Waals surface area contributed by atoms with E-state index >= 15 is 0 Å². The molecule has 21 heavy (non-hydrogen) atoms. The number of aryl methyl sites for hydroxylation is 2. The van der Waals surface area contributed by atoms with Crippen LogP contribution in [0.2, 0.25) is 0 Å². The first-order chi connectivity index (χ1) is 10.1. The molecule has 0 spiro atoms. The number of nitriles is 1. The van der Waals surface area contributed by atoms with E-state index in [4.69, 9.17) is 5.26 Å². The van der Waals surface area contributed by atoms with Gasteiger partial charge in [-0.05, 0) is 38.1 Å². The van der Waals surface area contributed by atoms with Gasteiger partial charge in [0.15, 0.2) is 5.16 Å². The van der Waals surface area contributed by atoms with E-state index in [0.29, 0.717) is 16.4 Å². The molecule has 2 aromatic rings. The Hall–Kier alpha value is -2.39. The van der Waals surface area contributed by atoms with Crippen molar-refractivity contribution in [2.75, 3.05) is 11.1 Å². The summed E-state index contributed by atoms with van der Waals surface area (Å²) in [6.45, 7) is 3.79. The van der Waals surface area contributed by atoms with Gasteiger partial charge in [-0.25, -0.2) is 9.97 Å². The third-order valence-corrected chi connectivity index (χ3v) is 3.42. The number of nitrogens with zero attached hydrogens (tertiary/aromatic N) is 3. The zero-order valence-electron chi connectivity index (χ0n) is 11.8. The molecule has 0 fully saturated rings. The molecule has 0 aliphatic carbocycles. The summed E-state index contributed by atoms with van der Waals surface area (Å²) in [5.74, 6) is 0.0671. The Labute approximate surface area is 127 Å². The molecule has 106 valence electrons. The van der Waals surface area contributed by atoms with Crippen molar-refractivity contribution in [3.63, 3.8) is 0 Å². The minimum absolute atomic E-state index is 0.155. The standard InChI is InChI=1S/C15H14N4OS/c1-10-6-11(2)18-15(17-10)21-9-14(20)19-13-5-3-4-12(7-13)8-16/h3-7H,9H2,1-2H3,(H,19,20). The maximum atomic E-state index is 11.9. The lowest BCUT2D eigenvalue weighted by Gasteiger charge is -2.05. The molecule has 0 saturated carbocycles. The number of thioether (sulfide) groups is 1. The first kappa shape index (κ1) is 15.0. The Balaban J connectivity index is 1.94. The number of aromatic nitrogens is 2. The summed E-state index contributed by atoms with van der Waals surface area (Å²) < 4.78 is 0. The van der Waals surface area contributed by atoms with E-state index in [2.05, 4.69) is 15.3 Å². The highest BCUT2D eigenvalue weighted by atomic mass is 32.2. The fourth-order valence-electron chi connectivity index (χ4n) is 1.75. The van der Waals surface area contributed by atoms with Crippen LogP contribution < -0.4 is 5.32 Å². The second-order valence-corrected chi connectivity index (χ2v) is 5.41. The van der Waals surface area contributed by atoms with Crippen LogP contribution in [0.1, 0.15) is 17.0 Å². The SMILES string of the molecule is Cc1cc(C)nc(SCC(=O)Nc2cccc(C#N)c2)n1. The van der Waals surface area contributed by atoms with Crippen LogP contribution in [0.25, 0.3) is 0 Å². The topological polar surface area (TPSA) is 78.7 Å². The van der Waals surface area contributed by atoms with E-state index in [0.717, 1.165) is 11.4 Å². The summed E-state index contributed by atoms with van der Waals surface area (Å²) in [6, 6.07) is 10.7. The number of benzene rings is 1. The average molecular weight is 298 g/mol. The first-order valence-electron chi connectivity index (χ1n) is 6.32. The molecule has 0 aliphatic heterocycles. The van der Waals surface area contributed by atoms with Gasteiger partial charge in [0.05, 0.1) is 17.4 Å². The Kier molecular flexibility index (Phi) is 4.90. The van der Waals surface area contributed by atoms with E-state index in [1.165, 1.54) is 11.8 Å².